The van der Waals surface area contributed by atoms with E-state index in [-0.39, 0.29) is 17.9 Å². The van der Waals surface area contributed by atoms with Crippen molar-refractivity contribution >= 4 is 63.3 Å². The topological polar surface area (TPSA) is 165 Å². The van der Waals surface area contributed by atoms with E-state index in [1.54, 1.807) is 18.2 Å². The highest BCUT2D eigenvalue weighted by Crippen LogP contribution is 2.36. The fourth-order valence-corrected chi connectivity index (χ4v) is 9.50. The first kappa shape index (κ1) is 45.6. The second kappa shape index (κ2) is 21.0. The number of aromatic nitrogens is 2. The number of halogens is 2. The van der Waals surface area contributed by atoms with Crippen LogP contribution in [0.2, 0.25) is 5.02 Å². The summed E-state index contributed by atoms with van der Waals surface area (Å²) in [7, 11) is 0. The summed E-state index contributed by atoms with van der Waals surface area (Å²) in [6.45, 7) is 15.4. The van der Waals surface area contributed by atoms with Crippen LogP contribution in [0.25, 0.3) is 10.9 Å². The lowest BCUT2D eigenvalue weighted by atomic mass is 10.0. The van der Waals surface area contributed by atoms with Crippen LogP contribution in [-0.4, -0.2) is 182 Å². The van der Waals surface area contributed by atoms with Crippen LogP contribution in [-0.2, 0) is 14.3 Å². The molecule has 1 atom stereocenters. The molecule has 350 valence electrons. The van der Waals surface area contributed by atoms with Crippen LogP contribution in [0.4, 0.5) is 21.6 Å². The summed E-state index contributed by atoms with van der Waals surface area (Å²) in [4.78, 5) is 72.7. The quantitative estimate of drug-likeness (QED) is 0.116. The zero-order chi connectivity index (χ0) is 45.6. The lowest BCUT2D eigenvalue weighted by molar-refractivity contribution is -0.136. The van der Waals surface area contributed by atoms with E-state index < -0.39 is 35.5 Å². The Bertz CT molecular complexity index is 2430. The van der Waals surface area contributed by atoms with Gasteiger partial charge in [-0.15, -0.1) is 0 Å². The molecule has 4 amide bonds. The number of benzene rings is 3. The molecule has 5 aliphatic rings. The van der Waals surface area contributed by atoms with Crippen molar-refractivity contribution in [2.75, 3.05) is 128 Å². The minimum absolute atomic E-state index is 0.0175. The molecule has 66 heavy (non-hydrogen) atoms. The molecule has 0 spiro atoms. The fourth-order valence-electron chi connectivity index (χ4n) is 9.32. The molecular formula is C47H56ClFN10O7. The highest BCUT2D eigenvalue weighted by molar-refractivity contribution is 6.31. The number of nitrogens with one attached hydrogen (secondary N) is 2. The number of anilines is 3. The van der Waals surface area contributed by atoms with E-state index >= 15 is 0 Å². The number of piperazine rings is 2. The lowest BCUT2D eigenvalue weighted by Gasteiger charge is -2.37. The molecule has 3 aromatic carbocycles. The van der Waals surface area contributed by atoms with Crippen LogP contribution < -0.4 is 25.0 Å². The van der Waals surface area contributed by atoms with Crippen molar-refractivity contribution in [1.82, 2.24) is 39.8 Å². The number of carbonyl (C=O) groups excluding carboxylic acids is 4. The number of carbonyl (C=O) groups is 4. The average Bonchev–Trinajstić information content (AvgIpc) is 3.57. The maximum Gasteiger partial charge on any atom is 0.262 e. The smallest absolute Gasteiger partial charge is 0.262 e. The van der Waals surface area contributed by atoms with Crippen molar-refractivity contribution in [1.29, 1.82) is 0 Å². The summed E-state index contributed by atoms with van der Waals surface area (Å²) in [5, 5.41) is 6.26. The number of nitrogens with zero attached hydrogens (tertiary/aromatic N) is 8. The second-order valence-electron chi connectivity index (χ2n) is 17.3. The number of imide groups is 2. The standard InChI is InChI=1S/C47H56ClFN10O7/c48-37-27-32(3-6-38(37)49)52-44-36-29-41(65-23-2-11-56-20-24-64-25-21-56)42(30-39(36)50-31-51-44)66-26-22-57-14-12-54(13-15-57)9-1-10-55-16-18-58(19-17-55)33-4-5-34-35(28-33)47(63)59(46(34)62)40-7-8-43(60)53-45(40)61/h3-6,27-31,40H,1-2,7-26H2,(H,50,51,52)(H,53,60,61). The Morgan fingerprint density at radius 2 is 1.39 bits per heavy atom. The number of fused-ring (bicyclic) bond motifs is 2. The predicted molar refractivity (Wildman–Crippen MR) is 246 cm³/mol. The van der Waals surface area contributed by atoms with Gasteiger partial charge in [0.05, 0.1) is 41.5 Å². The summed E-state index contributed by atoms with van der Waals surface area (Å²) in [5.74, 6) is -0.681. The van der Waals surface area contributed by atoms with Crippen LogP contribution in [0.15, 0.2) is 54.9 Å². The van der Waals surface area contributed by atoms with Gasteiger partial charge < -0.3 is 29.3 Å². The van der Waals surface area contributed by atoms with Crippen molar-refractivity contribution in [3.05, 3.63) is 76.8 Å². The first-order chi connectivity index (χ1) is 32.2. The molecule has 5 aliphatic heterocycles. The normalized spacial score (nSPS) is 20.2. The van der Waals surface area contributed by atoms with Gasteiger partial charge in [-0.25, -0.2) is 14.4 Å². The van der Waals surface area contributed by atoms with Crippen LogP contribution in [0, 0.1) is 5.82 Å². The molecule has 19 heteroatoms. The molecule has 1 aromatic heterocycles. The van der Waals surface area contributed by atoms with Crippen molar-refractivity contribution in [2.24, 2.45) is 0 Å². The number of piperidine rings is 1. The molecule has 4 aromatic rings. The lowest BCUT2D eigenvalue weighted by Crippen LogP contribution is -2.54. The third-order valence-electron chi connectivity index (χ3n) is 13.1. The first-order valence-corrected chi connectivity index (χ1v) is 23.4. The van der Waals surface area contributed by atoms with E-state index in [9.17, 15) is 23.6 Å². The summed E-state index contributed by atoms with van der Waals surface area (Å²) < 4.78 is 32.2. The van der Waals surface area contributed by atoms with Crippen LogP contribution >= 0.6 is 11.6 Å². The third kappa shape index (κ3) is 10.7. The van der Waals surface area contributed by atoms with E-state index in [4.69, 9.17) is 25.8 Å². The molecule has 17 nitrogen and oxygen atoms in total. The highest BCUT2D eigenvalue weighted by Gasteiger charge is 2.45. The Morgan fingerprint density at radius 3 is 2.14 bits per heavy atom. The van der Waals surface area contributed by atoms with Crippen LogP contribution in [0.1, 0.15) is 46.4 Å². The molecule has 0 bridgehead atoms. The van der Waals surface area contributed by atoms with E-state index in [1.165, 1.54) is 18.5 Å². The highest BCUT2D eigenvalue weighted by atomic mass is 35.5. The van der Waals surface area contributed by atoms with Gasteiger partial charge in [-0.05, 0) is 74.8 Å². The molecule has 0 aliphatic carbocycles. The maximum atomic E-state index is 13.9. The molecule has 9 rings (SSSR count). The summed E-state index contributed by atoms with van der Waals surface area (Å²) in [5.41, 5.74) is 2.77. The van der Waals surface area contributed by atoms with Gasteiger partial charge in [-0.1, -0.05) is 11.6 Å². The predicted octanol–water partition coefficient (Wildman–Crippen LogP) is 3.88. The van der Waals surface area contributed by atoms with E-state index in [1.807, 2.05) is 18.2 Å². The van der Waals surface area contributed by atoms with Gasteiger partial charge >= 0.3 is 0 Å². The molecule has 1 unspecified atom stereocenters. The number of rotatable bonds is 17. The zero-order valence-electron chi connectivity index (χ0n) is 37.0. The molecule has 6 heterocycles. The Balaban J connectivity index is 0.718. The van der Waals surface area contributed by atoms with Crippen molar-refractivity contribution in [3.63, 3.8) is 0 Å². The van der Waals surface area contributed by atoms with Gasteiger partial charge in [-0.3, -0.25) is 44.1 Å². The van der Waals surface area contributed by atoms with Gasteiger partial charge in [-0.2, -0.15) is 0 Å². The SMILES string of the molecule is O=C1CCC(N2C(=O)c3ccc(N4CCN(CCCN5CCN(CCOc6cc7ncnc(Nc8ccc(F)c(Cl)c8)c7cc6OCCCN6CCOCC6)CC5)CC4)cc3C2=O)C(=O)N1. The maximum absolute atomic E-state index is 13.9. The van der Waals surface area contributed by atoms with Gasteiger partial charge in [0.15, 0.2) is 11.5 Å². The number of amides is 4. The Labute approximate surface area is 388 Å². The Morgan fingerprint density at radius 1 is 0.727 bits per heavy atom. The number of hydrogen-bond acceptors (Lipinski definition) is 15. The summed E-state index contributed by atoms with van der Waals surface area (Å²) in [6.07, 6.45) is 3.64. The van der Waals surface area contributed by atoms with E-state index in [0.29, 0.717) is 52.9 Å². The fraction of sp³-hybridized carbons (Fsp3) is 0.489. The van der Waals surface area contributed by atoms with Gasteiger partial charge in [0.1, 0.15) is 30.6 Å². The van der Waals surface area contributed by atoms with E-state index in [2.05, 4.69) is 45.1 Å². The summed E-state index contributed by atoms with van der Waals surface area (Å²) >= 11 is 6.06. The number of hydrogen-bond donors (Lipinski definition) is 2. The van der Waals surface area contributed by atoms with E-state index in [0.717, 1.165) is 134 Å². The van der Waals surface area contributed by atoms with Crippen molar-refractivity contribution in [3.8, 4) is 11.5 Å². The Kier molecular flexibility index (Phi) is 14.5. The average molecular weight is 927 g/mol. The molecule has 0 radical (unpaired) electrons. The third-order valence-corrected chi connectivity index (χ3v) is 13.4. The van der Waals surface area contributed by atoms with Crippen molar-refractivity contribution in [2.45, 2.75) is 31.7 Å². The van der Waals surface area contributed by atoms with Crippen LogP contribution in [0.3, 0.4) is 0 Å². The molecule has 0 saturated carbocycles. The van der Waals surface area contributed by atoms with Crippen LogP contribution in [0.5, 0.6) is 11.5 Å². The number of ether oxygens (including phenoxy) is 3. The largest absolute Gasteiger partial charge is 0.490 e. The van der Waals surface area contributed by atoms with Gasteiger partial charge in [0.25, 0.3) is 11.8 Å². The second-order valence-corrected chi connectivity index (χ2v) is 17.7. The monoisotopic (exact) mass is 926 g/mol. The molecule has 4 fully saturated rings. The zero-order valence-corrected chi connectivity index (χ0v) is 37.8. The molecule has 4 saturated heterocycles. The minimum atomic E-state index is -0.974. The van der Waals surface area contributed by atoms with Gasteiger partial charge in [0, 0.05) is 108 Å². The number of morpholine rings is 1. The molecular weight excluding hydrogens is 871 g/mol. The minimum Gasteiger partial charge on any atom is -0.490 e. The molecule has 2 N–H and O–H groups in total. The van der Waals surface area contributed by atoms with Crippen molar-refractivity contribution < 1.29 is 37.8 Å². The Hall–Kier alpha value is -5.50. The van der Waals surface area contributed by atoms with Gasteiger partial charge in [0.2, 0.25) is 11.8 Å². The summed E-state index contributed by atoms with van der Waals surface area (Å²) in [6, 6.07) is 12.6. The first-order valence-electron chi connectivity index (χ1n) is 23.0.